The average Bonchev–Trinajstić information content (AvgIpc) is 2.39. The first-order valence-corrected chi connectivity index (χ1v) is 6.42. The molecule has 18 heavy (non-hydrogen) atoms. The van der Waals surface area contributed by atoms with Gasteiger partial charge in [0.2, 0.25) is 0 Å². The Hall–Kier alpha value is -1.55. The number of nitrogens with zero attached hydrogens (tertiary/aromatic N) is 1. The van der Waals surface area contributed by atoms with Crippen molar-refractivity contribution < 1.29 is 9.90 Å². The van der Waals surface area contributed by atoms with E-state index >= 15 is 0 Å². The van der Waals surface area contributed by atoms with Gasteiger partial charge in [0.15, 0.2) is 0 Å². The van der Waals surface area contributed by atoms with Gasteiger partial charge in [0.1, 0.15) is 5.75 Å². The summed E-state index contributed by atoms with van der Waals surface area (Å²) in [5, 5.41) is 9.21. The molecule has 0 aliphatic carbocycles. The molecule has 1 saturated heterocycles. The highest BCUT2D eigenvalue weighted by Gasteiger charge is 2.25. The summed E-state index contributed by atoms with van der Waals surface area (Å²) in [5.74, 6) is 0.745. The summed E-state index contributed by atoms with van der Waals surface area (Å²) in [6.45, 7) is 3.57. The van der Waals surface area contributed by atoms with Gasteiger partial charge in [-0.1, -0.05) is 0 Å². The minimum atomic E-state index is 0.0399. The number of piperidine rings is 1. The summed E-state index contributed by atoms with van der Waals surface area (Å²) in [6.07, 6.45) is 1.95. The number of phenolic OH excluding ortho intramolecular Hbond substituents is 1. The molecular weight excluding hydrogens is 228 g/mol. The topological polar surface area (TPSA) is 66.6 Å². The van der Waals surface area contributed by atoms with E-state index in [-0.39, 0.29) is 17.7 Å². The molecule has 4 heteroatoms. The standard InChI is InChI=1S/C14H20N2O2/c1-10(15)11-6-8-16(9-7-11)14(18)12-2-4-13(17)5-3-12/h2-5,10-11,17H,6-9,15H2,1H3. The third-order valence-electron chi connectivity index (χ3n) is 3.68. The summed E-state index contributed by atoms with van der Waals surface area (Å²) in [4.78, 5) is 14.1. The van der Waals surface area contributed by atoms with Gasteiger partial charge in [-0.15, -0.1) is 0 Å². The number of aromatic hydroxyl groups is 1. The third kappa shape index (κ3) is 2.82. The van der Waals surface area contributed by atoms with Crippen LogP contribution in [0.3, 0.4) is 0 Å². The number of amides is 1. The quantitative estimate of drug-likeness (QED) is 0.835. The van der Waals surface area contributed by atoms with E-state index in [4.69, 9.17) is 5.73 Å². The molecule has 0 spiro atoms. The lowest BCUT2D eigenvalue weighted by Crippen LogP contribution is -2.42. The van der Waals surface area contributed by atoms with Gasteiger partial charge in [0, 0.05) is 24.7 Å². The minimum absolute atomic E-state index is 0.0399. The highest BCUT2D eigenvalue weighted by molar-refractivity contribution is 5.94. The Morgan fingerprint density at radius 1 is 1.33 bits per heavy atom. The van der Waals surface area contributed by atoms with Crippen LogP contribution in [0, 0.1) is 5.92 Å². The number of hydrogen-bond acceptors (Lipinski definition) is 3. The molecule has 1 aromatic rings. The monoisotopic (exact) mass is 248 g/mol. The molecule has 2 rings (SSSR count). The molecular formula is C14H20N2O2. The molecule has 0 radical (unpaired) electrons. The number of likely N-dealkylation sites (tertiary alicyclic amines) is 1. The van der Waals surface area contributed by atoms with Crippen LogP contribution in [0.25, 0.3) is 0 Å². The van der Waals surface area contributed by atoms with Crippen LogP contribution in [0.1, 0.15) is 30.1 Å². The maximum absolute atomic E-state index is 12.2. The molecule has 0 saturated carbocycles. The Bertz CT molecular complexity index is 406. The van der Waals surface area contributed by atoms with Crippen LogP contribution in [0.2, 0.25) is 0 Å². The molecule has 1 amide bonds. The van der Waals surface area contributed by atoms with Crippen molar-refractivity contribution >= 4 is 5.91 Å². The van der Waals surface area contributed by atoms with Crippen molar-refractivity contribution in [1.29, 1.82) is 0 Å². The predicted molar refractivity (Wildman–Crippen MR) is 70.4 cm³/mol. The lowest BCUT2D eigenvalue weighted by Gasteiger charge is -2.33. The fourth-order valence-corrected chi connectivity index (χ4v) is 2.41. The first-order valence-electron chi connectivity index (χ1n) is 6.42. The van der Waals surface area contributed by atoms with Crippen molar-refractivity contribution in [2.75, 3.05) is 13.1 Å². The second-order valence-electron chi connectivity index (χ2n) is 5.04. The van der Waals surface area contributed by atoms with Crippen molar-refractivity contribution in [3.63, 3.8) is 0 Å². The Balaban J connectivity index is 1.97. The van der Waals surface area contributed by atoms with E-state index in [1.807, 2.05) is 11.8 Å². The summed E-state index contributed by atoms with van der Waals surface area (Å²) in [6, 6.07) is 6.62. The molecule has 1 unspecified atom stereocenters. The molecule has 0 aromatic heterocycles. The number of carbonyl (C=O) groups is 1. The Labute approximate surface area is 107 Å². The number of rotatable bonds is 2. The number of nitrogens with two attached hydrogens (primary N) is 1. The number of benzene rings is 1. The zero-order valence-corrected chi connectivity index (χ0v) is 10.7. The Kier molecular flexibility index (Phi) is 3.87. The van der Waals surface area contributed by atoms with Gasteiger partial charge in [-0.05, 0) is 49.9 Å². The van der Waals surface area contributed by atoms with Crippen molar-refractivity contribution in [1.82, 2.24) is 4.90 Å². The van der Waals surface area contributed by atoms with E-state index in [2.05, 4.69) is 0 Å². The molecule has 1 heterocycles. The number of carbonyl (C=O) groups excluding carboxylic acids is 1. The molecule has 98 valence electrons. The highest BCUT2D eigenvalue weighted by Crippen LogP contribution is 2.21. The Morgan fingerprint density at radius 3 is 2.39 bits per heavy atom. The van der Waals surface area contributed by atoms with Crippen LogP contribution in [-0.2, 0) is 0 Å². The zero-order valence-electron chi connectivity index (χ0n) is 10.7. The number of hydrogen-bond donors (Lipinski definition) is 2. The van der Waals surface area contributed by atoms with Gasteiger partial charge in [-0.2, -0.15) is 0 Å². The van der Waals surface area contributed by atoms with E-state index < -0.39 is 0 Å². The van der Waals surface area contributed by atoms with Gasteiger partial charge < -0.3 is 15.7 Å². The molecule has 1 fully saturated rings. The molecule has 1 atom stereocenters. The van der Waals surface area contributed by atoms with E-state index in [0.29, 0.717) is 11.5 Å². The summed E-state index contributed by atoms with van der Waals surface area (Å²) < 4.78 is 0. The maximum Gasteiger partial charge on any atom is 0.253 e. The van der Waals surface area contributed by atoms with Gasteiger partial charge in [0.05, 0.1) is 0 Å². The fraction of sp³-hybridized carbons (Fsp3) is 0.500. The second-order valence-corrected chi connectivity index (χ2v) is 5.04. The number of phenols is 1. The van der Waals surface area contributed by atoms with E-state index in [9.17, 15) is 9.90 Å². The van der Waals surface area contributed by atoms with E-state index in [1.165, 1.54) is 0 Å². The Morgan fingerprint density at radius 2 is 1.89 bits per heavy atom. The smallest absolute Gasteiger partial charge is 0.253 e. The molecule has 3 N–H and O–H groups in total. The zero-order chi connectivity index (χ0) is 13.1. The summed E-state index contributed by atoms with van der Waals surface area (Å²) in [7, 11) is 0. The summed E-state index contributed by atoms with van der Waals surface area (Å²) in [5.41, 5.74) is 6.52. The largest absolute Gasteiger partial charge is 0.508 e. The average molecular weight is 248 g/mol. The van der Waals surface area contributed by atoms with Crippen LogP contribution in [0.15, 0.2) is 24.3 Å². The molecule has 4 nitrogen and oxygen atoms in total. The first-order chi connectivity index (χ1) is 8.58. The van der Waals surface area contributed by atoms with E-state index in [0.717, 1.165) is 25.9 Å². The van der Waals surface area contributed by atoms with Gasteiger partial charge in [0.25, 0.3) is 5.91 Å². The van der Waals surface area contributed by atoms with Crippen molar-refractivity contribution in [2.45, 2.75) is 25.8 Å². The lowest BCUT2D eigenvalue weighted by molar-refractivity contribution is 0.0681. The van der Waals surface area contributed by atoms with E-state index in [1.54, 1.807) is 24.3 Å². The van der Waals surface area contributed by atoms with Gasteiger partial charge >= 0.3 is 0 Å². The van der Waals surface area contributed by atoms with Crippen LogP contribution >= 0.6 is 0 Å². The van der Waals surface area contributed by atoms with Crippen LogP contribution < -0.4 is 5.73 Å². The lowest BCUT2D eigenvalue weighted by atomic mass is 9.90. The molecule has 1 aromatic carbocycles. The normalized spacial score (nSPS) is 18.7. The summed E-state index contributed by atoms with van der Waals surface area (Å²) >= 11 is 0. The van der Waals surface area contributed by atoms with Crippen molar-refractivity contribution in [3.05, 3.63) is 29.8 Å². The maximum atomic E-state index is 12.2. The van der Waals surface area contributed by atoms with Crippen molar-refractivity contribution in [3.8, 4) is 5.75 Å². The minimum Gasteiger partial charge on any atom is -0.508 e. The fourth-order valence-electron chi connectivity index (χ4n) is 2.41. The second kappa shape index (κ2) is 5.40. The van der Waals surface area contributed by atoms with Crippen LogP contribution in [0.5, 0.6) is 5.75 Å². The van der Waals surface area contributed by atoms with Crippen molar-refractivity contribution in [2.24, 2.45) is 11.7 Å². The van der Waals surface area contributed by atoms with Gasteiger partial charge in [-0.3, -0.25) is 4.79 Å². The molecule has 0 bridgehead atoms. The van der Waals surface area contributed by atoms with Crippen LogP contribution in [-0.4, -0.2) is 35.0 Å². The van der Waals surface area contributed by atoms with Gasteiger partial charge in [-0.25, -0.2) is 0 Å². The predicted octanol–water partition coefficient (Wildman–Crippen LogP) is 1.59. The first kappa shape index (κ1) is 12.9. The third-order valence-corrected chi connectivity index (χ3v) is 3.68. The highest BCUT2D eigenvalue weighted by atomic mass is 16.3. The SMILES string of the molecule is CC(N)C1CCN(C(=O)c2ccc(O)cc2)CC1. The molecule has 1 aliphatic rings. The van der Waals surface area contributed by atoms with Crippen LogP contribution in [0.4, 0.5) is 0 Å². The molecule has 1 aliphatic heterocycles.